The fourth-order valence-electron chi connectivity index (χ4n) is 3.89. The lowest BCUT2D eigenvalue weighted by molar-refractivity contribution is 0.0964. The predicted molar refractivity (Wildman–Crippen MR) is 129 cm³/mol. The second-order valence-electron chi connectivity index (χ2n) is 8.26. The number of hydrogen-bond donors (Lipinski definition) is 2. The largest absolute Gasteiger partial charge is 0.460 e. The molecule has 5 rings (SSSR count). The van der Waals surface area contributed by atoms with Crippen molar-refractivity contribution in [2.75, 3.05) is 18.9 Å². The Morgan fingerprint density at radius 3 is 2.69 bits per heavy atom. The number of aromatic nitrogens is 5. The Kier molecular flexibility index (Phi) is 6.42. The molecule has 1 aliphatic carbocycles. The highest BCUT2D eigenvalue weighted by Crippen LogP contribution is 2.25. The molecule has 0 unspecified atom stereocenters. The molecule has 0 aliphatic heterocycles. The fourth-order valence-corrected chi connectivity index (χ4v) is 3.89. The highest BCUT2D eigenvalue weighted by atomic mass is 19.1. The van der Waals surface area contributed by atoms with Gasteiger partial charge in [0.2, 0.25) is 0 Å². The fraction of sp³-hybridized carbons (Fsp3) is 0.280. The van der Waals surface area contributed by atoms with Crippen molar-refractivity contribution in [2.24, 2.45) is 0 Å². The zero-order valence-electron chi connectivity index (χ0n) is 19.2. The van der Waals surface area contributed by atoms with Gasteiger partial charge in [0.05, 0.1) is 16.8 Å². The van der Waals surface area contributed by atoms with Gasteiger partial charge in [0.15, 0.2) is 0 Å². The summed E-state index contributed by atoms with van der Waals surface area (Å²) in [7, 11) is 1.51. The number of ether oxygens (including phenoxy) is 1. The van der Waals surface area contributed by atoms with E-state index in [4.69, 9.17) is 4.74 Å². The first-order valence-corrected chi connectivity index (χ1v) is 11.5. The maximum atomic E-state index is 14.6. The van der Waals surface area contributed by atoms with E-state index >= 15 is 0 Å². The molecule has 1 aromatic carbocycles. The maximum Gasteiger partial charge on any atom is 0.316 e. The summed E-state index contributed by atoms with van der Waals surface area (Å²) in [5.41, 5.74) is 2.99. The average molecular weight is 474 g/mol. The first-order valence-electron chi connectivity index (χ1n) is 11.5. The van der Waals surface area contributed by atoms with Crippen LogP contribution in [0.1, 0.15) is 35.2 Å². The third-order valence-electron chi connectivity index (χ3n) is 6.01. The zero-order chi connectivity index (χ0) is 24.2. The highest BCUT2D eigenvalue weighted by molar-refractivity contribution is 6.06. The van der Waals surface area contributed by atoms with Crippen LogP contribution in [-0.2, 0) is 6.42 Å². The van der Waals surface area contributed by atoms with Crippen LogP contribution in [0.5, 0.6) is 6.01 Å². The van der Waals surface area contributed by atoms with E-state index in [1.807, 2.05) is 6.07 Å². The van der Waals surface area contributed by atoms with Crippen molar-refractivity contribution < 1.29 is 13.9 Å². The zero-order valence-corrected chi connectivity index (χ0v) is 19.2. The number of fused-ring (bicyclic) bond motifs is 1. The topological polar surface area (TPSA) is 115 Å². The molecule has 0 bridgehead atoms. The summed E-state index contributed by atoms with van der Waals surface area (Å²) in [5.74, 6) is -0.197. The van der Waals surface area contributed by atoms with Gasteiger partial charge in [-0.25, -0.2) is 24.3 Å². The van der Waals surface area contributed by atoms with Crippen LogP contribution in [0.3, 0.4) is 0 Å². The number of carbonyl (C=O) groups is 1. The smallest absolute Gasteiger partial charge is 0.316 e. The van der Waals surface area contributed by atoms with Crippen molar-refractivity contribution in [3.63, 3.8) is 0 Å². The van der Waals surface area contributed by atoms with Crippen LogP contribution in [-0.4, -0.2) is 50.5 Å². The molecule has 0 saturated heterocycles. The summed E-state index contributed by atoms with van der Waals surface area (Å²) in [6.07, 6.45) is 10.4. The second-order valence-corrected chi connectivity index (χ2v) is 8.26. The molecule has 0 atom stereocenters. The lowest BCUT2D eigenvalue weighted by Gasteiger charge is -2.24. The van der Waals surface area contributed by atoms with Crippen molar-refractivity contribution >= 4 is 22.6 Å². The van der Waals surface area contributed by atoms with E-state index < -0.39 is 5.82 Å². The molecule has 1 fully saturated rings. The number of pyridine rings is 1. The minimum Gasteiger partial charge on any atom is -0.460 e. The molecule has 10 heteroatoms. The van der Waals surface area contributed by atoms with Gasteiger partial charge in [0, 0.05) is 49.2 Å². The monoisotopic (exact) mass is 473 g/mol. The van der Waals surface area contributed by atoms with Gasteiger partial charge < -0.3 is 15.4 Å². The van der Waals surface area contributed by atoms with Crippen LogP contribution >= 0.6 is 0 Å². The molecular formula is C25H24FN7O2. The van der Waals surface area contributed by atoms with Gasteiger partial charge in [-0.05, 0) is 43.4 Å². The summed E-state index contributed by atoms with van der Waals surface area (Å²) < 4.78 is 20.3. The maximum absolute atomic E-state index is 14.6. The van der Waals surface area contributed by atoms with Crippen LogP contribution in [0.4, 0.5) is 10.2 Å². The summed E-state index contributed by atoms with van der Waals surface area (Å²) in [5, 5.41) is 6.03. The molecule has 0 radical (unpaired) electrons. The van der Waals surface area contributed by atoms with Gasteiger partial charge in [0.1, 0.15) is 24.1 Å². The van der Waals surface area contributed by atoms with Crippen LogP contribution in [0.2, 0.25) is 0 Å². The van der Waals surface area contributed by atoms with Gasteiger partial charge in [-0.3, -0.25) is 9.78 Å². The van der Waals surface area contributed by atoms with E-state index in [1.165, 1.54) is 38.1 Å². The first-order chi connectivity index (χ1) is 17.1. The van der Waals surface area contributed by atoms with E-state index in [2.05, 4.69) is 35.6 Å². The number of anilines is 1. The highest BCUT2D eigenvalue weighted by Gasteiger charge is 2.20. The number of hydrogen-bond acceptors (Lipinski definition) is 8. The number of amides is 1. The van der Waals surface area contributed by atoms with Crippen molar-refractivity contribution in [2.45, 2.75) is 31.8 Å². The number of nitrogens with one attached hydrogen (secondary N) is 2. The second kappa shape index (κ2) is 9.96. The Morgan fingerprint density at radius 1 is 1.11 bits per heavy atom. The molecule has 2 N–H and O–H groups in total. The molecule has 178 valence electrons. The molecule has 1 aliphatic rings. The van der Waals surface area contributed by atoms with Crippen LogP contribution in [0, 0.1) is 5.82 Å². The molecule has 3 aromatic heterocycles. The lowest BCUT2D eigenvalue weighted by Crippen LogP contribution is -2.25. The Labute approximate surface area is 201 Å². The molecule has 1 amide bonds. The summed E-state index contributed by atoms with van der Waals surface area (Å²) >= 11 is 0. The van der Waals surface area contributed by atoms with Gasteiger partial charge in [0.25, 0.3) is 5.91 Å². The molecule has 4 aromatic rings. The third-order valence-corrected chi connectivity index (χ3v) is 6.01. The number of halogens is 1. The number of benzene rings is 1. The molecule has 1 saturated carbocycles. The standard InChI is InChI=1S/C25H24FN7O2/c1-27-24(34)18-8-10-29-23-15(5-6-19(26)22(18)23)7-9-28-21-11-20(32-14-33-21)16-12-30-25(31-13-16)35-17-3-2-4-17/h5-6,8,10-14,17H,2-4,7,9H2,1H3,(H,27,34)(H,28,32,33). The number of rotatable bonds is 8. The van der Waals surface area contributed by atoms with E-state index in [0.717, 1.165) is 24.0 Å². The van der Waals surface area contributed by atoms with E-state index in [0.29, 0.717) is 36.0 Å². The van der Waals surface area contributed by atoms with Crippen LogP contribution < -0.4 is 15.4 Å². The Balaban J connectivity index is 1.27. The summed E-state index contributed by atoms with van der Waals surface area (Å²) in [6.45, 7) is 0.522. The molecule has 9 nitrogen and oxygen atoms in total. The predicted octanol–water partition coefficient (Wildman–Crippen LogP) is 3.57. The SMILES string of the molecule is CNC(=O)c1ccnc2c(CCNc3cc(-c4cnc(OC5CCC5)nc4)ncn3)ccc(F)c12. The van der Waals surface area contributed by atoms with E-state index in [9.17, 15) is 9.18 Å². The van der Waals surface area contributed by atoms with E-state index in [-0.39, 0.29) is 23.0 Å². The van der Waals surface area contributed by atoms with Gasteiger partial charge in [-0.15, -0.1) is 0 Å². The van der Waals surface area contributed by atoms with Crippen molar-refractivity contribution in [3.05, 3.63) is 66.1 Å². The molecular weight excluding hydrogens is 449 g/mol. The first kappa shape index (κ1) is 22.6. The minimum absolute atomic E-state index is 0.221. The summed E-state index contributed by atoms with van der Waals surface area (Å²) in [4.78, 5) is 33.7. The van der Waals surface area contributed by atoms with Crippen molar-refractivity contribution in [1.29, 1.82) is 0 Å². The Bertz CT molecular complexity index is 1360. The number of carbonyl (C=O) groups excluding carboxylic acids is 1. The minimum atomic E-state index is -0.477. The van der Waals surface area contributed by atoms with Gasteiger partial charge in [-0.1, -0.05) is 6.07 Å². The Hall–Kier alpha value is -4.21. The van der Waals surface area contributed by atoms with Crippen LogP contribution in [0.25, 0.3) is 22.2 Å². The van der Waals surface area contributed by atoms with E-state index in [1.54, 1.807) is 18.5 Å². The normalized spacial score (nSPS) is 13.3. The average Bonchev–Trinajstić information content (AvgIpc) is 2.87. The van der Waals surface area contributed by atoms with Gasteiger partial charge >= 0.3 is 6.01 Å². The van der Waals surface area contributed by atoms with Crippen molar-refractivity contribution in [1.82, 2.24) is 30.2 Å². The Morgan fingerprint density at radius 2 is 1.94 bits per heavy atom. The molecule has 35 heavy (non-hydrogen) atoms. The number of nitrogens with zero attached hydrogens (tertiary/aromatic N) is 5. The molecule has 0 spiro atoms. The quantitative estimate of drug-likeness (QED) is 0.399. The van der Waals surface area contributed by atoms with Crippen LogP contribution in [0.15, 0.2) is 49.2 Å². The third kappa shape index (κ3) is 4.86. The van der Waals surface area contributed by atoms with Gasteiger partial charge in [-0.2, -0.15) is 0 Å². The molecule has 3 heterocycles. The van der Waals surface area contributed by atoms with Crippen molar-refractivity contribution in [3.8, 4) is 17.3 Å². The lowest BCUT2D eigenvalue weighted by atomic mass is 9.96. The summed E-state index contributed by atoms with van der Waals surface area (Å²) in [6, 6.07) is 6.77.